The Bertz CT molecular complexity index is 348. The molecule has 0 saturated carbocycles. The number of ether oxygens (including phenoxy) is 3. The summed E-state index contributed by atoms with van der Waals surface area (Å²) in [7, 11) is 0. The van der Waals surface area contributed by atoms with Crippen LogP contribution in [-0.4, -0.2) is 25.6 Å². The molecule has 17 heavy (non-hydrogen) atoms. The van der Waals surface area contributed by atoms with Gasteiger partial charge in [-0.2, -0.15) is 0 Å². The van der Waals surface area contributed by atoms with Gasteiger partial charge in [0.15, 0.2) is 6.29 Å². The summed E-state index contributed by atoms with van der Waals surface area (Å²) in [6.45, 7) is 3.70. The molecular weight excluding hydrogens is 240 g/mol. The van der Waals surface area contributed by atoms with Gasteiger partial charge in [-0.15, -0.1) is 0 Å². The van der Waals surface area contributed by atoms with Crippen molar-refractivity contribution < 1.29 is 14.2 Å². The molecule has 1 aliphatic heterocycles. The lowest BCUT2D eigenvalue weighted by molar-refractivity contribution is -0.228. The molecule has 1 fully saturated rings. The summed E-state index contributed by atoms with van der Waals surface area (Å²) in [4.78, 5) is 0. The molecule has 1 aliphatic rings. The van der Waals surface area contributed by atoms with Gasteiger partial charge in [-0.1, -0.05) is 36.7 Å². The molecule has 0 aliphatic carbocycles. The van der Waals surface area contributed by atoms with E-state index >= 15 is 0 Å². The van der Waals surface area contributed by atoms with Crippen LogP contribution in [0.3, 0.4) is 0 Å². The second kappa shape index (κ2) is 6.36. The lowest BCUT2D eigenvalue weighted by Crippen LogP contribution is -2.36. The van der Waals surface area contributed by atoms with Crippen LogP contribution >= 0.6 is 11.6 Å². The van der Waals surface area contributed by atoms with Crippen molar-refractivity contribution in [1.82, 2.24) is 0 Å². The van der Waals surface area contributed by atoms with Gasteiger partial charge in [0.25, 0.3) is 0 Å². The third-order valence-electron chi connectivity index (χ3n) is 2.70. The molecule has 0 bridgehead atoms. The van der Waals surface area contributed by atoms with Crippen LogP contribution in [0.25, 0.3) is 0 Å². The molecule has 2 rings (SSSR count). The van der Waals surface area contributed by atoms with Crippen molar-refractivity contribution in [2.24, 2.45) is 0 Å². The first-order valence-electron chi connectivity index (χ1n) is 5.87. The van der Waals surface area contributed by atoms with Crippen LogP contribution in [0.5, 0.6) is 0 Å². The highest BCUT2D eigenvalue weighted by Crippen LogP contribution is 2.18. The van der Waals surface area contributed by atoms with E-state index in [1.165, 1.54) is 0 Å². The van der Waals surface area contributed by atoms with Crippen molar-refractivity contribution in [3.8, 4) is 0 Å². The van der Waals surface area contributed by atoms with Gasteiger partial charge in [0.1, 0.15) is 6.10 Å². The summed E-state index contributed by atoms with van der Waals surface area (Å²) in [5, 5.41) is 0.733. The van der Waals surface area contributed by atoms with Crippen LogP contribution in [0.1, 0.15) is 18.9 Å². The van der Waals surface area contributed by atoms with Crippen LogP contribution in [0.2, 0.25) is 5.02 Å². The maximum Gasteiger partial charge on any atom is 0.157 e. The van der Waals surface area contributed by atoms with Crippen molar-refractivity contribution in [3.05, 3.63) is 34.9 Å². The first-order chi connectivity index (χ1) is 8.29. The summed E-state index contributed by atoms with van der Waals surface area (Å²) in [6, 6.07) is 7.68. The van der Waals surface area contributed by atoms with Crippen LogP contribution in [-0.2, 0) is 20.8 Å². The van der Waals surface area contributed by atoms with Crippen molar-refractivity contribution >= 4 is 11.6 Å². The summed E-state index contributed by atoms with van der Waals surface area (Å²) in [6.07, 6.45) is 0.793. The maximum atomic E-state index is 6.05. The Morgan fingerprint density at radius 1 is 1.29 bits per heavy atom. The van der Waals surface area contributed by atoms with Crippen LogP contribution < -0.4 is 0 Å². The Morgan fingerprint density at radius 2 is 2.00 bits per heavy atom. The number of rotatable bonds is 4. The predicted octanol–water partition coefficient (Wildman–Crippen LogP) is 3.01. The van der Waals surface area contributed by atoms with Crippen molar-refractivity contribution in [1.29, 1.82) is 0 Å². The van der Waals surface area contributed by atoms with E-state index in [9.17, 15) is 0 Å². The fourth-order valence-electron chi connectivity index (χ4n) is 1.68. The molecule has 94 valence electrons. The minimum Gasteiger partial charge on any atom is -0.369 e. The van der Waals surface area contributed by atoms with E-state index in [4.69, 9.17) is 25.8 Å². The van der Waals surface area contributed by atoms with Crippen molar-refractivity contribution in [3.63, 3.8) is 0 Å². The van der Waals surface area contributed by atoms with E-state index in [0.29, 0.717) is 19.8 Å². The third kappa shape index (κ3) is 3.68. The normalized spacial score (nSPS) is 24.8. The molecular formula is C13H17ClO3. The molecule has 1 aromatic rings. The minimum absolute atomic E-state index is 0.00549. The van der Waals surface area contributed by atoms with E-state index in [0.717, 1.165) is 17.0 Å². The quantitative estimate of drug-likeness (QED) is 0.829. The predicted molar refractivity (Wildman–Crippen MR) is 66.0 cm³/mol. The number of hydrogen-bond acceptors (Lipinski definition) is 3. The molecule has 0 atom stereocenters. The molecule has 0 unspecified atom stereocenters. The zero-order valence-electron chi connectivity index (χ0n) is 9.90. The molecule has 3 nitrogen and oxygen atoms in total. The molecule has 0 spiro atoms. The molecule has 0 radical (unpaired) electrons. The fraction of sp³-hybridized carbons (Fsp3) is 0.538. The van der Waals surface area contributed by atoms with Gasteiger partial charge in [0.2, 0.25) is 0 Å². The van der Waals surface area contributed by atoms with E-state index in [-0.39, 0.29) is 12.4 Å². The largest absolute Gasteiger partial charge is 0.369 e. The zero-order chi connectivity index (χ0) is 12.1. The van der Waals surface area contributed by atoms with Gasteiger partial charge in [-0.05, 0) is 18.1 Å². The monoisotopic (exact) mass is 256 g/mol. The molecule has 1 saturated heterocycles. The second-order valence-corrected chi connectivity index (χ2v) is 4.44. The van der Waals surface area contributed by atoms with Gasteiger partial charge in [-0.3, -0.25) is 0 Å². The first kappa shape index (κ1) is 12.8. The molecule has 0 amide bonds. The molecule has 4 heteroatoms. The highest BCUT2D eigenvalue weighted by atomic mass is 35.5. The topological polar surface area (TPSA) is 27.7 Å². The molecule has 0 N–H and O–H groups in total. The highest BCUT2D eigenvalue weighted by molar-refractivity contribution is 6.31. The maximum absolute atomic E-state index is 6.05. The van der Waals surface area contributed by atoms with Crippen LogP contribution in [0.15, 0.2) is 24.3 Å². The van der Waals surface area contributed by atoms with E-state index in [1.54, 1.807) is 0 Å². The lowest BCUT2D eigenvalue weighted by Gasteiger charge is -2.28. The molecule has 0 aromatic heterocycles. The van der Waals surface area contributed by atoms with Gasteiger partial charge in [0, 0.05) is 5.02 Å². The number of halogens is 1. The average molecular weight is 257 g/mol. The average Bonchev–Trinajstić information content (AvgIpc) is 2.38. The second-order valence-electron chi connectivity index (χ2n) is 4.03. The summed E-state index contributed by atoms with van der Waals surface area (Å²) in [5.74, 6) is 0. The first-order valence-corrected chi connectivity index (χ1v) is 6.25. The van der Waals surface area contributed by atoms with Crippen molar-refractivity contribution in [2.75, 3.05) is 13.2 Å². The lowest BCUT2D eigenvalue weighted by atomic mass is 10.2. The number of hydrogen-bond donors (Lipinski definition) is 0. The Morgan fingerprint density at radius 3 is 2.65 bits per heavy atom. The summed E-state index contributed by atoms with van der Waals surface area (Å²) >= 11 is 6.05. The zero-order valence-corrected chi connectivity index (χ0v) is 10.7. The van der Waals surface area contributed by atoms with Crippen LogP contribution in [0, 0.1) is 0 Å². The van der Waals surface area contributed by atoms with Crippen molar-refractivity contribution in [2.45, 2.75) is 32.3 Å². The van der Waals surface area contributed by atoms with Gasteiger partial charge in [0.05, 0.1) is 19.8 Å². The Labute approximate surface area is 107 Å². The van der Waals surface area contributed by atoms with Crippen LogP contribution in [0.4, 0.5) is 0 Å². The third-order valence-corrected chi connectivity index (χ3v) is 3.07. The SMILES string of the molecule is CC[C@H]1OC[C@@H](OCc2ccccc2Cl)CO1. The fourth-order valence-corrected chi connectivity index (χ4v) is 1.87. The Balaban J connectivity index is 1.78. The van der Waals surface area contributed by atoms with E-state index in [2.05, 4.69) is 0 Å². The molecule has 1 aromatic carbocycles. The highest BCUT2D eigenvalue weighted by Gasteiger charge is 2.21. The summed E-state index contributed by atoms with van der Waals surface area (Å²) in [5.41, 5.74) is 0.992. The minimum atomic E-state index is -0.0739. The molecule has 1 heterocycles. The standard InChI is InChI=1S/C13H17ClO3/c1-2-13-16-8-11(9-17-13)15-7-10-5-3-4-6-12(10)14/h3-6,11,13H,2,7-9H2,1H3/t11-,13+. The van der Waals surface area contributed by atoms with Gasteiger partial charge in [-0.25, -0.2) is 0 Å². The summed E-state index contributed by atoms with van der Waals surface area (Å²) < 4.78 is 16.7. The Kier molecular flexibility index (Phi) is 4.80. The van der Waals surface area contributed by atoms with Gasteiger partial charge < -0.3 is 14.2 Å². The smallest absolute Gasteiger partial charge is 0.157 e. The number of benzene rings is 1. The van der Waals surface area contributed by atoms with Gasteiger partial charge >= 0.3 is 0 Å². The Hall–Kier alpha value is -0.610. The van der Waals surface area contributed by atoms with E-state index < -0.39 is 0 Å². The van der Waals surface area contributed by atoms with E-state index in [1.807, 2.05) is 31.2 Å².